The molecule has 1 N–H and O–H groups in total. The van der Waals surface area contributed by atoms with Crippen molar-refractivity contribution in [3.63, 3.8) is 0 Å². The summed E-state index contributed by atoms with van der Waals surface area (Å²) in [7, 11) is 0. The summed E-state index contributed by atoms with van der Waals surface area (Å²) in [5.74, 6) is 0.630. The van der Waals surface area contributed by atoms with Crippen LogP contribution in [0.15, 0.2) is 18.5 Å². The molecule has 1 saturated heterocycles. The van der Waals surface area contributed by atoms with Gasteiger partial charge in [-0.15, -0.1) is 0 Å². The second-order valence-electron chi connectivity index (χ2n) is 4.31. The summed E-state index contributed by atoms with van der Waals surface area (Å²) in [5, 5.41) is 3.48. The maximum absolute atomic E-state index is 5.38. The molecule has 0 bridgehead atoms. The predicted octanol–water partition coefficient (Wildman–Crippen LogP) is 2.23. The summed E-state index contributed by atoms with van der Waals surface area (Å²) in [5.41, 5.74) is 2.30. The van der Waals surface area contributed by atoms with E-state index in [9.17, 15) is 0 Å². The fourth-order valence-corrected chi connectivity index (χ4v) is 1.96. The Morgan fingerprint density at radius 2 is 2.40 bits per heavy atom. The van der Waals surface area contributed by atoms with Crippen molar-refractivity contribution in [1.82, 2.24) is 4.98 Å². The van der Waals surface area contributed by atoms with Crippen LogP contribution in [0, 0.1) is 12.8 Å². The van der Waals surface area contributed by atoms with Crippen LogP contribution in [0.2, 0.25) is 0 Å². The van der Waals surface area contributed by atoms with Gasteiger partial charge in [0.1, 0.15) is 0 Å². The molecule has 1 aliphatic heterocycles. The lowest BCUT2D eigenvalue weighted by atomic mass is 10.0. The van der Waals surface area contributed by atoms with Gasteiger partial charge in [0, 0.05) is 31.0 Å². The molecule has 1 aromatic rings. The first-order chi connectivity index (χ1) is 7.25. The Bertz CT molecular complexity index is 321. The normalized spacial score (nSPS) is 22.7. The Balaban J connectivity index is 1.95. The van der Waals surface area contributed by atoms with E-state index in [1.165, 1.54) is 5.56 Å². The van der Waals surface area contributed by atoms with E-state index in [1.807, 2.05) is 12.4 Å². The number of aromatic nitrogens is 1. The molecule has 3 heteroatoms. The van der Waals surface area contributed by atoms with Crippen LogP contribution in [0.4, 0.5) is 5.69 Å². The van der Waals surface area contributed by atoms with E-state index in [2.05, 4.69) is 30.2 Å². The van der Waals surface area contributed by atoms with Crippen molar-refractivity contribution in [3.8, 4) is 0 Å². The molecule has 1 fully saturated rings. The Kier molecular flexibility index (Phi) is 3.21. The molecule has 2 unspecified atom stereocenters. The number of rotatable bonds is 3. The van der Waals surface area contributed by atoms with Crippen LogP contribution in [0.25, 0.3) is 0 Å². The summed E-state index contributed by atoms with van der Waals surface area (Å²) < 4.78 is 5.38. The largest absolute Gasteiger partial charge is 0.381 e. The van der Waals surface area contributed by atoms with Crippen LogP contribution in [0.5, 0.6) is 0 Å². The van der Waals surface area contributed by atoms with Crippen molar-refractivity contribution in [2.24, 2.45) is 5.92 Å². The van der Waals surface area contributed by atoms with Crippen LogP contribution in [0.3, 0.4) is 0 Å². The summed E-state index contributed by atoms with van der Waals surface area (Å²) in [6, 6.07) is 2.58. The summed E-state index contributed by atoms with van der Waals surface area (Å²) in [6.45, 7) is 6.05. The van der Waals surface area contributed by atoms with Gasteiger partial charge < -0.3 is 10.1 Å². The molecular formula is C12H18N2O. The molecule has 1 aromatic heterocycles. The van der Waals surface area contributed by atoms with Gasteiger partial charge in [0.05, 0.1) is 12.3 Å². The van der Waals surface area contributed by atoms with E-state index < -0.39 is 0 Å². The van der Waals surface area contributed by atoms with Gasteiger partial charge in [-0.3, -0.25) is 4.98 Å². The first-order valence-corrected chi connectivity index (χ1v) is 5.51. The molecule has 0 aromatic carbocycles. The van der Waals surface area contributed by atoms with Crippen molar-refractivity contribution in [3.05, 3.63) is 24.0 Å². The molecule has 15 heavy (non-hydrogen) atoms. The molecule has 3 nitrogen and oxygen atoms in total. The zero-order valence-corrected chi connectivity index (χ0v) is 9.36. The lowest BCUT2D eigenvalue weighted by Crippen LogP contribution is -2.26. The second-order valence-corrected chi connectivity index (χ2v) is 4.31. The van der Waals surface area contributed by atoms with Crippen LogP contribution in [-0.2, 0) is 4.74 Å². The van der Waals surface area contributed by atoms with E-state index in [1.54, 1.807) is 0 Å². The van der Waals surface area contributed by atoms with Gasteiger partial charge in [0.15, 0.2) is 0 Å². The number of pyridine rings is 1. The second kappa shape index (κ2) is 4.62. The van der Waals surface area contributed by atoms with E-state index in [-0.39, 0.29) is 0 Å². The minimum atomic E-state index is 0.455. The first kappa shape index (κ1) is 10.4. The van der Waals surface area contributed by atoms with Crippen LogP contribution < -0.4 is 5.32 Å². The fourth-order valence-electron chi connectivity index (χ4n) is 1.96. The molecule has 2 rings (SSSR count). The number of nitrogens with one attached hydrogen (secondary N) is 1. The molecule has 2 atom stereocenters. The number of ether oxygens (including phenoxy) is 1. The molecule has 1 aliphatic rings. The van der Waals surface area contributed by atoms with Gasteiger partial charge in [-0.05, 0) is 31.9 Å². The molecule has 82 valence electrons. The highest BCUT2D eigenvalue weighted by Gasteiger charge is 2.21. The third kappa shape index (κ3) is 2.69. The van der Waals surface area contributed by atoms with Crippen molar-refractivity contribution < 1.29 is 4.74 Å². The first-order valence-electron chi connectivity index (χ1n) is 5.51. The number of hydrogen-bond acceptors (Lipinski definition) is 3. The lowest BCUT2D eigenvalue weighted by molar-refractivity contribution is 0.183. The average Bonchev–Trinajstić information content (AvgIpc) is 2.70. The third-order valence-corrected chi connectivity index (χ3v) is 2.94. The fraction of sp³-hybridized carbons (Fsp3) is 0.583. The molecule has 0 radical (unpaired) electrons. The number of hydrogen-bond donors (Lipinski definition) is 1. The van der Waals surface area contributed by atoms with Gasteiger partial charge in [0.25, 0.3) is 0 Å². The Labute approximate surface area is 90.9 Å². The standard InChI is InChI=1S/C12H18N2O/c1-9-5-12(7-13-6-9)14-10(2)11-3-4-15-8-11/h5-7,10-11,14H,3-4,8H2,1-2H3. The summed E-state index contributed by atoms with van der Waals surface area (Å²) >= 11 is 0. The predicted molar refractivity (Wildman–Crippen MR) is 61.0 cm³/mol. The van der Waals surface area contributed by atoms with Crippen LogP contribution in [0.1, 0.15) is 18.9 Å². The molecule has 2 heterocycles. The minimum Gasteiger partial charge on any atom is -0.381 e. The van der Waals surface area contributed by atoms with Gasteiger partial charge in [0.2, 0.25) is 0 Å². The van der Waals surface area contributed by atoms with Gasteiger partial charge >= 0.3 is 0 Å². The van der Waals surface area contributed by atoms with Gasteiger partial charge in [-0.1, -0.05) is 0 Å². The maximum atomic E-state index is 5.38. The Hall–Kier alpha value is -1.09. The molecule has 0 saturated carbocycles. The van der Waals surface area contributed by atoms with E-state index in [4.69, 9.17) is 4.74 Å². The van der Waals surface area contributed by atoms with Crippen molar-refractivity contribution in [2.45, 2.75) is 26.3 Å². The van der Waals surface area contributed by atoms with E-state index >= 15 is 0 Å². The molecular weight excluding hydrogens is 188 g/mol. The monoisotopic (exact) mass is 206 g/mol. The van der Waals surface area contributed by atoms with Crippen molar-refractivity contribution in [1.29, 1.82) is 0 Å². The quantitative estimate of drug-likeness (QED) is 0.823. The zero-order valence-electron chi connectivity index (χ0n) is 9.36. The molecule has 0 aliphatic carbocycles. The lowest BCUT2D eigenvalue weighted by Gasteiger charge is -2.20. The van der Waals surface area contributed by atoms with Gasteiger partial charge in [-0.25, -0.2) is 0 Å². The van der Waals surface area contributed by atoms with Crippen molar-refractivity contribution in [2.75, 3.05) is 18.5 Å². The highest BCUT2D eigenvalue weighted by Crippen LogP contribution is 2.20. The zero-order chi connectivity index (χ0) is 10.7. The average molecular weight is 206 g/mol. The van der Waals surface area contributed by atoms with E-state index in [0.29, 0.717) is 12.0 Å². The SMILES string of the molecule is Cc1cncc(NC(C)C2CCOC2)c1. The van der Waals surface area contributed by atoms with Crippen LogP contribution >= 0.6 is 0 Å². The third-order valence-electron chi connectivity index (χ3n) is 2.94. The minimum absolute atomic E-state index is 0.455. The summed E-state index contributed by atoms with van der Waals surface area (Å²) in [4.78, 5) is 4.17. The summed E-state index contributed by atoms with van der Waals surface area (Å²) in [6.07, 6.45) is 4.90. The van der Waals surface area contributed by atoms with Crippen LogP contribution in [-0.4, -0.2) is 24.2 Å². The van der Waals surface area contributed by atoms with Gasteiger partial charge in [-0.2, -0.15) is 0 Å². The Morgan fingerprint density at radius 3 is 3.07 bits per heavy atom. The van der Waals surface area contributed by atoms with E-state index in [0.717, 1.165) is 25.3 Å². The topological polar surface area (TPSA) is 34.2 Å². The van der Waals surface area contributed by atoms with Crippen molar-refractivity contribution >= 4 is 5.69 Å². The molecule has 0 amide bonds. The number of nitrogens with zero attached hydrogens (tertiary/aromatic N) is 1. The highest BCUT2D eigenvalue weighted by molar-refractivity contribution is 5.43. The Morgan fingerprint density at radius 1 is 1.53 bits per heavy atom. The smallest absolute Gasteiger partial charge is 0.0531 e. The number of aryl methyl sites for hydroxylation is 1. The maximum Gasteiger partial charge on any atom is 0.0531 e. The number of anilines is 1. The highest BCUT2D eigenvalue weighted by atomic mass is 16.5. The molecule has 0 spiro atoms.